The molecule has 0 aromatic heterocycles. The maximum absolute atomic E-state index is 12.7. The SMILES string of the molecule is CC/C=C\C/C=C\C/C=C\CC(=O)OCC(COC(=O)CCC/C=C\C/C=C\C/C=C\CCCCCCCC)OC(=O)CCCCCCC/C=C\CCCCCCCCC. The molecule has 0 bridgehead atoms. The van der Waals surface area contributed by atoms with E-state index in [0.717, 1.165) is 70.6 Å². The van der Waals surface area contributed by atoms with Crippen molar-refractivity contribution in [3.05, 3.63) is 85.1 Å². The molecule has 1 unspecified atom stereocenters. The summed E-state index contributed by atoms with van der Waals surface area (Å²) in [4.78, 5) is 37.7. The molecule has 342 valence electrons. The maximum atomic E-state index is 12.7. The molecule has 0 rings (SSSR count). The van der Waals surface area contributed by atoms with Crippen molar-refractivity contribution in [2.45, 2.75) is 226 Å². The van der Waals surface area contributed by atoms with Gasteiger partial charge in [-0.15, -0.1) is 0 Å². The van der Waals surface area contributed by atoms with Crippen LogP contribution in [0.3, 0.4) is 0 Å². The van der Waals surface area contributed by atoms with Crippen LogP contribution >= 0.6 is 0 Å². The van der Waals surface area contributed by atoms with E-state index in [9.17, 15) is 14.4 Å². The molecule has 0 saturated heterocycles. The lowest BCUT2D eigenvalue weighted by Crippen LogP contribution is -2.30. The van der Waals surface area contributed by atoms with Gasteiger partial charge in [0.25, 0.3) is 0 Å². The fraction of sp³-hybridized carbons (Fsp3) is 0.685. The molecule has 0 fully saturated rings. The van der Waals surface area contributed by atoms with Gasteiger partial charge in [-0.2, -0.15) is 0 Å². The Morgan fingerprint density at radius 3 is 1.23 bits per heavy atom. The third-order valence-corrected chi connectivity index (χ3v) is 10.1. The normalized spacial score (nSPS) is 12.8. The summed E-state index contributed by atoms with van der Waals surface area (Å²) in [6.45, 7) is 6.35. The summed E-state index contributed by atoms with van der Waals surface area (Å²) in [5, 5.41) is 0. The molecule has 60 heavy (non-hydrogen) atoms. The van der Waals surface area contributed by atoms with Crippen LogP contribution in [-0.2, 0) is 28.6 Å². The molecule has 0 saturated carbocycles. The summed E-state index contributed by atoms with van der Waals surface area (Å²) >= 11 is 0. The van der Waals surface area contributed by atoms with Crippen molar-refractivity contribution in [1.29, 1.82) is 0 Å². The molecular formula is C54H90O6. The predicted molar refractivity (Wildman–Crippen MR) is 256 cm³/mol. The Morgan fingerprint density at radius 1 is 0.367 bits per heavy atom. The van der Waals surface area contributed by atoms with Crippen molar-refractivity contribution in [3.63, 3.8) is 0 Å². The van der Waals surface area contributed by atoms with Gasteiger partial charge >= 0.3 is 17.9 Å². The first-order chi connectivity index (χ1) is 29.5. The van der Waals surface area contributed by atoms with Gasteiger partial charge in [0.2, 0.25) is 0 Å². The molecule has 6 heteroatoms. The van der Waals surface area contributed by atoms with E-state index in [1.165, 1.54) is 103 Å². The van der Waals surface area contributed by atoms with Crippen LogP contribution in [0.2, 0.25) is 0 Å². The van der Waals surface area contributed by atoms with E-state index in [1.54, 1.807) is 6.08 Å². The second-order valence-corrected chi connectivity index (χ2v) is 16.0. The first-order valence-corrected chi connectivity index (χ1v) is 24.6. The maximum Gasteiger partial charge on any atom is 0.309 e. The fourth-order valence-corrected chi connectivity index (χ4v) is 6.45. The highest BCUT2D eigenvalue weighted by atomic mass is 16.6. The van der Waals surface area contributed by atoms with E-state index < -0.39 is 12.1 Å². The van der Waals surface area contributed by atoms with E-state index >= 15 is 0 Å². The zero-order valence-electron chi connectivity index (χ0n) is 38.9. The number of hydrogen-bond acceptors (Lipinski definition) is 6. The number of carbonyl (C=O) groups is 3. The third-order valence-electron chi connectivity index (χ3n) is 10.1. The Morgan fingerprint density at radius 2 is 0.733 bits per heavy atom. The number of hydrogen-bond donors (Lipinski definition) is 0. The van der Waals surface area contributed by atoms with Gasteiger partial charge in [0, 0.05) is 12.8 Å². The van der Waals surface area contributed by atoms with Crippen LogP contribution in [0.15, 0.2) is 85.1 Å². The quantitative estimate of drug-likeness (QED) is 0.0263. The number of rotatable bonds is 43. The first kappa shape index (κ1) is 56.6. The highest BCUT2D eigenvalue weighted by Crippen LogP contribution is 2.12. The summed E-state index contributed by atoms with van der Waals surface area (Å²) in [6.07, 6.45) is 61.8. The van der Waals surface area contributed by atoms with Crippen molar-refractivity contribution in [3.8, 4) is 0 Å². The number of ether oxygens (including phenoxy) is 3. The van der Waals surface area contributed by atoms with Crippen molar-refractivity contribution in [1.82, 2.24) is 0 Å². The number of allylic oxidation sites excluding steroid dienone is 13. The molecule has 1 atom stereocenters. The van der Waals surface area contributed by atoms with E-state index in [2.05, 4.69) is 93.7 Å². The van der Waals surface area contributed by atoms with Crippen LogP contribution in [-0.4, -0.2) is 37.2 Å². The molecular weight excluding hydrogens is 745 g/mol. The molecule has 6 nitrogen and oxygen atoms in total. The lowest BCUT2D eigenvalue weighted by molar-refractivity contribution is -0.166. The third kappa shape index (κ3) is 45.7. The van der Waals surface area contributed by atoms with Gasteiger partial charge in [-0.3, -0.25) is 14.4 Å². The molecule has 0 heterocycles. The Kier molecular flexibility index (Phi) is 45.5. The molecule has 0 N–H and O–H groups in total. The predicted octanol–water partition coefficient (Wildman–Crippen LogP) is 16.0. The van der Waals surface area contributed by atoms with Crippen LogP contribution in [0.25, 0.3) is 0 Å². The molecule has 0 aliphatic rings. The van der Waals surface area contributed by atoms with Crippen LogP contribution in [0.1, 0.15) is 220 Å². The van der Waals surface area contributed by atoms with Gasteiger partial charge < -0.3 is 14.2 Å². The Hall–Kier alpha value is -3.41. The minimum absolute atomic E-state index is 0.124. The minimum Gasteiger partial charge on any atom is -0.462 e. The smallest absolute Gasteiger partial charge is 0.309 e. The average molecular weight is 835 g/mol. The first-order valence-electron chi connectivity index (χ1n) is 24.6. The summed E-state index contributed by atoms with van der Waals surface area (Å²) in [5.41, 5.74) is 0. The number of esters is 3. The summed E-state index contributed by atoms with van der Waals surface area (Å²) < 4.78 is 16.6. The zero-order valence-corrected chi connectivity index (χ0v) is 38.9. The molecule has 0 aromatic rings. The Bertz CT molecular complexity index is 1190. The van der Waals surface area contributed by atoms with E-state index in [-0.39, 0.29) is 38.0 Å². The monoisotopic (exact) mass is 835 g/mol. The summed E-state index contributed by atoms with van der Waals surface area (Å²) in [5.74, 6) is -1.12. The summed E-state index contributed by atoms with van der Waals surface area (Å²) in [7, 11) is 0. The molecule has 0 aliphatic heterocycles. The van der Waals surface area contributed by atoms with Crippen molar-refractivity contribution >= 4 is 17.9 Å². The topological polar surface area (TPSA) is 78.9 Å². The highest BCUT2D eigenvalue weighted by Gasteiger charge is 2.19. The van der Waals surface area contributed by atoms with Gasteiger partial charge in [-0.1, -0.05) is 196 Å². The lowest BCUT2D eigenvalue weighted by Gasteiger charge is -2.18. The Balaban J connectivity index is 4.49. The second kappa shape index (κ2) is 48.3. The standard InChI is InChI=1S/C54H90O6/c1-4-7-10-13-16-19-21-23-25-27-29-30-32-35-38-41-44-47-53(56)59-50-51(49-58-52(55)46-43-40-37-34-18-15-12-9-6-3)60-54(57)48-45-42-39-36-33-31-28-26-24-22-20-17-14-11-8-5-2/h9,12,18,23,25-26,28-30,34-35,38,40,43,51H,4-8,10-11,13-17,19-22,24,27,31-33,36-37,39,41-42,44-50H2,1-3H3/b12-9-,25-23-,28-26-,30-29-,34-18-,38-35-,43-40-. The molecule has 0 amide bonds. The van der Waals surface area contributed by atoms with E-state index in [0.29, 0.717) is 12.8 Å². The molecule has 0 spiro atoms. The van der Waals surface area contributed by atoms with Gasteiger partial charge in [0.15, 0.2) is 6.10 Å². The summed E-state index contributed by atoms with van der Waals surface area (Å²) in [6, 6.07) is 0. The van der Waals surface area contributed by atoms with Crippen LogP contribution in [0, 0.1) is 0 Å². The van der Waals surface area contributed by atoms with Crippen molar-refractivity contribution in [2.24, 2.45) is 0 Å². The van der Waals surface area contributed by atoms with Gasteiger partial charge in [-0.05, 0) is 89.9 Å². The van der Waals surface area contributed by atoms with Gasteiger partial charge in [-0.25, -0.2) is 0 Å². The number of carbonyl (C=O) groups excluding carboxylic acids is 3. The lowest BCUT2D eigenvalue weighted by atomic mass is 10.1. The minimum atomic E-state index is -0.835. The molecule has 0 aromatic carbocycles. The fourth-order valence-electron chi connectivity index (χ4n) is 6.45. The van der Waals surface area contributed by atoms with E-state index in [4.69, 9.17) is 14.2 Å². The highest BCUT2D eigenvalue weighted by molar-refractivity contribution is 5.72. The van der Waals surface area contributed by atoms with Gasteiger partial charge in [0.1, 0.15) is 13.2 Å². The van der Waals surface area contributed by atoms with E-state index in [1.807, 2.05) is 6.08 Å². The van der Waals surface area contributed by atoms with Crippen LogP contribution in [0.5, 0.6) is 0 Å². The zero-order chi connectivity index (χ0) is 43.7. The Labute approximate surface area is 369 Å². The molecule has 0 radical (unpaired) electrons. The van der Waals surface area contributed by atoms with Crippen LogP contribution in [0.4, 0.5) is 0 Å². The molecule has 0 aliphatic carbocycles. The second-order valence-electron chi connectivity index (χ2n) is 16.0. The van der Waals surface area contributed by atoms with Crippen LogP contribution < -0.4 is 0 Å². The number of unbranched alkanes of at least 4 members (excludes halogenated alkanes) is 19. The average Bonchev–Trinajstić information content (AvgIpc) is 3.24. The largest absolute Gasteiger partial charge is 0.462 e. The van der Waals surface area contributed by atoms with Crippen molar-refractivity contribution in [2.75, 3.05) is 13.2 Å². The van der Waals surface area contributed by atoms with Gasteiger partial charge in [0.05, 0.1) is 6.42 Å². The van der Waals surface area contributed by atoms with Crippen molar-refractivity contribution < 1.29 is 28.6 Å².